The van der Waals surface area contributed by atoms with E-state index in [1.165, 1.54) is 18.9 Å². The highest BCUT2D eigenvalue weighted by molar-refractivity contribution is 8.18. The van der Waals surface area contributed by atoms with Gasteiger partial charge >= 0.3 is 0 Å². The van der Waals surface area contributed by atoms with Gasteiger partial charge in [-0.05, 0) is 54.1 Å². The molecule has 2 aromatic rings. The SMILES string of the molecule is COc1cc(/C=C2\SC(=Nc3ccccc3C)NC2=O)ccc1OCC(=O)N1CCOCC1. The van der Waals surface area contributed by atoms with Crippen LogP contribution in [0.2, 0.25) is 0 Å². The molecular weight excluding hydrogens is 442 g/mol. The van der Waals surface area contributed by atoms with Crippen molar-refractivity contribution in [2.45, 2.75) is 6.92 Å². The van der Waals surface area contributed by atoms with Crippen LogP contribution in [0.15, 0.2) is 52.4 Å². The molecule has 33 heavy (non-hydrogen) atoms. The Morgan fingerprint density at radius 1 is 1.21 bits per heavy atom. The number of morpholine rings is 1. The molecule has 8 nitrogen and oxygen atoms in total. The van der Waals surface area contributed by atoms with Crippen LogP contribution >= 0.6 is 11.8 Å². The number of aliphatic imine (C=N–C) groups is 1. The Balaban J connectivity index is 1.44. The molecule has 2 fully saturated rings. The van der Waals surface area contributed by atoms with Crippen molar-refractivity contribution >= 4 is 40.5 Å². The molecule has 2 aliphatic rings. The van der Waals surface area contributed by atoms with Gasteiger partial charge in [0.25, 0.3) is 11.8 Å². The quantitative estimate of drug-likeness (QED) is 0.657. The molecule has 0 radical (unpaired) electrons. The zero-order chi connectivity index (χ0) is 23.2. The Bertz CT molecular complexity index is 1110. The number of rotatable bonds is 6. The van der Waals surface area contributed by atoms with Crippen molar-refractivity contribution in [1.82, 2.24) is 10.2 Å². The number of ether oxygens (including phenoxy) is 3. The summed E-state index contributed by atoms with van der Waals surface area (Å²) in [6.07, 6.45) is 1.77. The fraction of sp³-hybridized carbons (Fsp3) is 0.292. The zero-order valence-electron chi connectivity index (χ0n) is 18.5. The largest absolute Gasteiger partial charge is 0.493 e. The Morgan fingerprint density at radius 3 is 2.76 bits per heavy atom. The highest BCUT2D eigenvalue weighted by Crippen LogP contribution is 2.32. The van der Waals surface area contributed by atoms with Gasteiger partial charge < -0.3 is 24.4 Å². The van der Waals surface area contributed by atoms with E-state index in [0.717, 1.165) is 16.8 Å². The molecule has 2 amide bonds. The van der Waals surface area contributed by atoms with E-state index in [4.69, 9.17) is 14.2 Å². The summed E-state index contributed by atoms with van der Waals surface area (Å²) in [6, 6.07) is 13.1. The predicted molar refractivity (Wildman–Crippen MR) is 128 cm³/mol. The average molecular weight is 468 g/mol. The van der Waals surface area contributed by atoms with E-state index in [1.807, 2.05) is 37.3 Å². The van der Waals surface area contributed by atoms with E-state index in [-0.39, 0.29) is 18.4 Å². The van der Waals surface area contributed by atoms with Crippen molar-refractivity contribution in [1.29, 1.82) is 0 Å². The minimum Gasteiger partial charge on any atom is -0.493 e. The van der Waals surface area contributed by atoms with Gasteiger partial charge in [0.05, 0.1) is 30.9 Å². The maximum Gasteiger partial charge on any atom is 0.264 e. The first-order valence-corrected chi connectivity index (χ1v) is 11.4. The molecule has 2 aromatic carbocycles. The second-order valence-electron chi connectivity index (χ2n) is 7.46. The van der Waals surface area contributed by atoms with Crippen LogP contribution in [0.5, 0.6) is 11.5 Å². The number of amides is 2. The summed E-state index contributed by atoms with van der Waals surface area (Å²) in [4.78, 5) is 31.5. The number of methoxy groups -OCH3 is 1. The fourth-order valence-electron chi connectivity index (χ4n) is 3.37. The fourth-order valence-corrected chi connectivity index (χ4v) is 4.20. The summed E-state index contributed by atoms with van der Waals surface area (Å²) in [5.41, 5.74) is 2.62. The highest BCUT2D eigenvalue weighted by atomic mass is 32.2. The summed E-state index contributed by atoms with van der Waals surface area (Å²) in [6.45, 7) is 4.12. The molecule has 0 atom stereocenters. The van der Waals surface area contributed by atoms with Gasteiger partial charge in [0.1, 0.15) is 0 Å². The van der Waals surface area contributed by atoms with Crippen molar-refractivity contribution in [2.75, 3.05) is 40.0 Å². The van der Waals surface area contributed by atoms with E-state index in [9.17, 15) is 9.59 Å². The third-order valence-corrected chi connectivity index (χ3v) is 6.10. The van der Waals surface area contributed by atoms with Crippen molar-refractivity contribution in [3.8, 4) is 11.5 Å². The summed E-state index contributed by atoms with van der Waals surface area (Å²) < 4.78 is 16.4. The molecule has 4 rings (SSSR count). The molecule has 0 unspecified atom stereocenters. The van der Waals surface area contributed by atoms with Crippen LogP contribution in [0.1, 0.15) is 11.1 Å². The number of thioether (sulfide) groups is 1. The molecule has 1 N–H and O–H groups in total. The number of nitrogens with zero attached hydrogens (tertiary/aromatic N) is 2. The van der Waals surface area contributed by atoms with Crippen LogP contribution in [-0.4, -0.2) is 61.9 Å². The molecule has 0 aromatic heterocycles. The van der Waals surface area contributed by atoms with E-state index >= 15 is 0 Å². The lowest BCUT2D eigenvalue weighted by Crippen LogP contribution is -2.43. The van der Waals surface area contributed by atoms with Crippen LogP contribution in [0, 0.1) is 6.92 Å². The van der Waals surface area contributed by atoms with Gasteiger partial charge in [0.2, 0.25) is 0 Å². The number of para-hydroxylation sites is 1. The lowest BCUT2D eigenvalue weighted by Gasteiger charge is -2.26. The van der Waals surface area contributed by atoms with Crippen LogP contribution in [0.3, 0.4) is 0 Å². The Morgan fingerprint density at radius 2 is 2.00 bits per heavy atom. The predicted octanol–water partition coefficient (Wildman–Crippen LogP) is 3.13. The molecule has 0 saturated carbocycles. The summed E-state index contributed by atoms with van der Waals surface area (Å²) in [5, 5.41) is 3.34. The number of amidine groups is 1. The number of carbonyl (C=O) groups is 2. The second kappa shape index (κ2) is 10.5. The number of carbonyl (C=O) groups excluding carboxylic acids is 2. The molecule has 0 aliphatic carbocycles. The van der Waals surface area contributed by atoms with Gasteiger partial charge in [-0.3, -0.25) is 9.59 Å². The molecule has 2 saturated heterocycles. The number of benzene rings is 2. The van der Waals surface area contributed by atoms with Crippen LogP contribution in [-0.2, 0) is 14.3 Å². The van der Waals surface area contributed by atoms with E-state index in [1.54, 1.807) is 23.1 Å². The maximum atomic E-state index is 12.4. The molecule has 172 valence electrons. The zero-order valence-corrected chi connectivity index (χ0v) is 19.3. The molecule has 9 heteroatoms. The lowest BCUT2D eigenvalue weighted by molar-refractivity contribution is -0.137. The molecular formula is C24H25N3O5S. The summed E-state index contributed by atoms with van der Waals surface area (Å²) >= 11 is 1.28. The Labute approximate surface area is 196 Å². The molecule has 0 bridgehead atoms. The number of aryl methyl sites for hydroxylation is 1. The van der Waals surface area contributed by atoms with Gasteiger partial charge in [0, 0.05) is 13.1 Å². The summed E-state index contributed by atoms with van der Waals surface area (Å²) in [7, 11) is 1.53. The molecule has 2 heterocycles. The van der Waals surface area contributed by atoms with E-state index < -0.39 is 0 Å². The van der Waals surface area contributed by atoms with Crippen molar-refractivity contribution in [3.05, 3.63) is 58.5 Å². The van der Waals surface area contributed by atoms with Crippen LogP contribution in [0.25, 0.3) is 6.08 Å². The van der Waals surface area contributed by atoms with Crippen molar-refractivity contribution < 1.29 is 23.8 Å². The standard InChI is InChI=1S/C24H25N3O5S/c1-16-5-3-4-6-18(16)25-24-26-23(29)21(33-24)14-17-7-8-19(20(13-17)30-2)32-15-22(28)27-9-11-31-12-10-27/h3-8,13-14H,9-12,15H2,1-2H3,(H,25,26,29)/b21-14-. The smallest absolute Gasteiger partial charge is 0.264 e. The minimum absolute atomic E-state index is 0.0756. The number of hydrogen-bond acceptors (Lipinski definition) is 7. The number of nitrogens with one attached hydrogen (secondary N) is 1. The van der Waals surface area contributed by atoms with Crippen molar-refractivity contribution in [3.63, 3.8) is 0 Å². The third kappa shape index (κ3) is 5.74. The van der Waals surface area contributed by atoms with Gasteiger partial charge in [-0.1, -0.05) is 24.3 Å². The van der Waals surface area contributed by atoms with E-state index in [2.05, 4.69) is 10.3 Å². The maximum absolute atomic E-state index is 12.4. The average Bonchev–Trinajstić information content (AvgIpc) is 3.18. The first-order valence-electron chi connectivity index (χ1n) is 10.5. The van der Waals surface area contributed by atoms with Gasteiger partial charge in [-0.15, -0.1) is 0 Å². The first kappa shape index (κ1) is 22.9. The minimum atomic E-state index is -0.206. The van der Waals surface area contributed by atoms with Gasteiger partial charge in [0.15, 0.2) is 23.3 Å². The molecule has 0 spiro atoms. The topological polar surface area (TPSA) is 89.5 Å². The van der Waals surface area contributed by atoms with Crippen LogP contribution < -0.4 is 14.8 Å². The lowest BCUT2D eigenvalue weighted by atomic mass is 10.2. The van der Waals surface area contributed by atoms with Gasteiger partial charge in [-0.2, -0.15) is 0 Å². The highest BCUT2D eigenvalue weighted by Gasteiger charge is 2.24. The van der Waals surface area contributed by atoms with Gasteiger partial charge in [-0.25, -0.2) is 4.99 Å². The third-order valence-electron chi connectivity index (χ3n) is 5.19. The molecule has 2 aliphatic heterocycles. The summed E-state index contributed by atoms with van der Waals surface area (Å²) in [5.74, 6) is 0.650. The van der Waals surface area contributed by atoms with Crippen LogP contribution in [0.4, 0.5) is 5.69 Å². The van der Waals surface area contributed by atoms with E-state index in [0.29, 0.717) is 47.9 Å². The number of hydrogen-bond donors (Lipinski definition) is 1. The Kier molecular flexibility index (Phi) is 7.31. The normalized spacial score (nSPS) is 18.5. The monoisotopic (exact) mass is 467 g/mol. The first-order chi connectivity index (χ1) is 16.0. The van der Waals surface area contributed by atoms with Crippen molar-refractivity contribution in [2.24, 2.45) is 4.99 Å². The second-order valence-corrected chi connectivity index (χ2v) is 8.49. The Hall–Kier alpha value is -3.30.